The van der Waals surface area contributed by atoms with Gasteiger partial charge in [-0.15, -0.1) is 0 Å². The van der Waals surface area contributed by atoms with Gasteiger partial charge >= 0.3 is 11.9 Å². The Hall–Kier alpha value is -3.21. The highest BCUT2D eigenvalue weighted by Crippen LogP contribution is 2.27. The number of rotatable bonds is 17. The highest BCUT2D eigenvalue weighted by atomic mass is 35.5. The summed E-state index contributed by atoms with van der Waals surface area (Å²) in [5.74, 6) is -3.90. The van der Waals surface area contributed by atoms with E-state index < -0.39 is 124 Å². The normalized spacial score (nSPS) is 28.7. The van der Waals surface area contributed by atoms with Gasteiger partial charge in [0.1, 0.15) is 49.3 Å². The van der Waals surface area contributed by atoms with Crippen LogP contribution in [0.2, 0.25) is 10.0 Å². The summed E-state index contributed by atoms with van der Waals surface area (Å²) >= 11 is 12.0. The topological polar surface area (TPSA) is 284 Å². The lowest BCUT2D eigenvalue weighted by Gasteiger charge is -2.44. The number of hydrogen-bond donors (Lipinski definition) is 8. The number of hydrogen-bond acceptors (Lipinski definition) is 16. The Labute approximate surface area is 308 Å². The van der Waals surface area contributed by atoms with Gasteiger partial charge in [-0.05, 0) is 31.2 Å². The zero-order valence-electron chi connectivity index (χ0n) is 28.3. The van der Waals surface area contributed by atoms with E-state index in [1.54, 1.807) is 0 Å². The molecule has 3 rings (SSSR count). The van der Waals surface area contributed by atoms with Crippen LogP contribution in [0.15, 0.2) is 18.2 Å². The maximum absolute atomic E-state index is 13.3. The van der Waals surface area contributed by atoms with Crippen molar-refractivity contribution in [3.05, 3.63) is 33.8 Å². The number of esters is 2. The molecule has 52 heavy (non-hydrogen) atoms. The van der Waals surface area contributed by atoms with Crippen LogP contribution in [-0.4, -0.2) is 151 Å². The second-order valence-electron chi connectivity index (χ2n) is 11.7. The summed E-state index contributed by atoms with van der Waals surface area (Å²) < 4.78 is 32.5. The molecule has 1 aromatic carbocycles. The average molecular weight is 784 g/mol. The Balaban J connectivity index is 1.76. The zero-order valence-corrected chi connectivity index (χ0v) is 29.8. The number of nitrogens with one attached hydrogen (secondary N) is 3. The lowest BCUT2D eigenvalue weighted by atomic mass is 9.95. The second-order valence-corrected chi connectivity index (χ2v) is 12.5. The molecule has 10 atom stereocenters. The van der Waals surface area contributed by atoms with Crippen LogP contribution >= 0.6 is 23.2 Å². The van der Waals surface area contributed by atoms with Crippen molar-refractivity contribution < 1.29 is 72.8 Å². The average Bonchev–Trinajstić information content (AvgIpc) is 3.11. The molecule has 0 radical (unpaired) electrons. The number of benzene rings is 1. The molecule has 2 aliphatic heterocycles. The molecule has 0 spiro atoms. The molecular formula is C31H44Cl2N4O15. The standard InChI is InChI=1S/C31H44Cl2N4O15/c1-14(40)50-27-25(45)19(12-39)52-31(28(27)48-9-3-8-34)36-21(42)7-6-20(41)35-30-23(37-29(46)15-4-5-16(32)17(33)10-15)26(49-13-22(43)47-2)24(44)18(11-38)51-30/h4-5,10,18-19,23-28,30-31,38-39,44-45H,3,6-9,11-13,34H2,1-2H3,(H,35,41)(H,36,42)(H,37,46)/t18?,19?,23?,24-,25-,26?,27?,28?,30+,31+/m0/s1. The summed E-state index contributed by atoms with van der Waals surface area (Å²) in [6.07, 6.45) is -13.1. The molecule has 0 saturated carbocycles. The van der Waals surface area contributed by atoms with Crippen LogP contribution in [0.3, 0.4) is 0 Å². The van der Waals surface area contributed by atoms with E-state index in [2.05, 4.69) is 20.7 Å². The van der Waals surface area contributed by atoms with Gasteiger partial charge < -0.3 is 70.5 Å². The molecule has 6 unspecified atom stereocenters. The number of halogens is 2. The van der Waals surface area contributed by atoms with Crippen LogP contribution in [0.25, 0.3) is 0 Å². The quantitative estimate of drug-likeness (QED) is 0.0598. The van der Waals surface area contributed by atoms with Crippen molar-refractivity contribution in [3.63, 3.8) is 0 Å². The molecule has 1 aromatic rings. The number of methoxy groups -OCH3 is 1. The number of aliphatic hydroxyl groups is 4. The Morgan fingerprint density at radius 3 is 2.00 bits per heavy atom. The molecule has 9 N–H and O–H groups in total. The van der Waals surface area contributed by atoms with E-state index in [1.807, 2.05) is 0 Å². The van der Waals surface area contributed by atoms with Crippen molar-refractivity contribution in [2.45, 2.75) is 87.4 Å². The molecule has 21 heteroatoms. The minimum Gasteiger partial charge on any atom is -0.467 e. The van der Waals surface area contributed by atoms with E-state index in [9.17, 15) is 44.4 Å². The van der Waals surface area contributed by atoms with Gasteiger partial charge in [-0.3, -0.25) is 19.2 Å². The molecule has 0 aliphatic carbocycles. The van der Waals surface area contributed by atoms with E-state index in [-0.39, 0.29) is 28.8 Å². The fraction of sp³-hybridized carbons (Fsp3) is 0.645. The number of carbonyl (C=O) groups is 5. The Bertz CT molecular complexity index is 1390. The van der Waals surface area contributed by atoms with Crippen molar-refractivity contribution in [3.8, 4) is 0 Å². The summed E-state index contributed by atoms with van der Waals surface area (Å²) in [6.45, 7) is -0.721. The molecule has 19 nitrogen and oxygen atoms in total. The molecule has 2 heterocycles. The molecule has 0 aromatic heterocycles. The van der Waals surface area contributed by atoms with E-state index in [4.69, 9.17) is 52.6 Å². The van der Waals surface area contributed by atoms with Crippen LogP contribution in [0.1, 0.15) is 36.5 Å². The van der Waals surface area contributed by atoms with Gasteiger partial charge in [0, 0.05) is 31.9 Å². The van der Waals surface area contributed by atoms with Gasteiger partial charge in [0.15, 0.2) is 18.6 Å². The maximum Gasteiger partial charge on any atom is 0.331 e. The van der Waals surface area contributed by atoms with E-state index in [0.29, 0.717) is 6.42 Å². The first-order valence-corrected chi connectivity index (χ1v) is 16.9. The monoisotopic (exact) mass is 782 g/mol. The minimum absolute atomic E-state index is 0.0313. The van der Waals surface area contributed by atoms with Crippen LogP contribution in [0.4, 0.5) is 0 Å². The molecule has 2 saturated heterocycles. The molecular weight excluding hydrogens is 739 g/mol. The van der Waals surface area contributed by atoms with Gasteiger partial charge in [0.2, 0.25) is 11.8 Å². The van der Waals surface area contributed by atoms with Crippen molar-refractivity contribution in [1.82, 2.24) is 16.0 Å². The summed E-state index contributed by atoms with van der Waals surface area (Å²) in [5, 5.41) is 49.1. The Morgan fingerprint density at radius 1 is 0.846 bits per heavy atom. The molecule has 292 valence electrons. The maximum atomic E-state index is 13.3. The zero-order chi connectivity index (χ0) is 38.5. The third kappa shape index (κ3) is 11.9. The fourth-order valence-electron chi connectivity index (χ4n) is 5.37. The number of aliphatic hydroxyl groups excluding tert-OH is 4. The van der Waals surface area contributed by atoms with Crippen LogP contribution in [0, 0.1) is 0 Å². The number of carbonyl (C=O) groups excluding carboxylic acids is 5. The van der Waals surface area contributed by atoms with Crippen molar-refractivity contribution >= 4 is 52.9 Å². The minimum atomic E-state index is -1.61. The van der Waals surface area contributed by atoms with Gasteiger partial charge in [0.25, 0.3) is 5.91 Å². The SMILES string of the molecule is COC(=O)COC1C(NC(=O)c2ccc(Cl)c(Cl)c2)[C@H](NC(=O)CCC(=O)N[C@@H]2OC(CO)[C@H](O)C(OC(C)=O)C2OCCCN)OC(CO)[C@@H]1O. The first-order valence-electron chi connectivity index (χ1n) is 16.1. The van der Waals surface area contributed by atoms with E-state index >= 15 is 0 Å². The first kappa shape index (κ1) is 43.2. The van der Waals surface area contributed by atoms with Crippen LogP contribution < -0.4 is 21.7 Å². The van der Waals surface area contributed by atoms with Crippen LogP contribution in [-0.2, 0) is 47.6 Å². The molecule has 2 aliphatic rings. The molecule has 3 amide bonds. The fourth-order valence-corrected chi connectivity index (χ4v) is 5.67. The van der Waals surface area contributed by atoms with Crippen molar-refractivity contribution in [2.24, 2.45) is 5.73 Å². The first-order chi connectivity index (χ1) is 24.7. The number of amides is 3. The number of ether oxygens (including phenoxy) is 6. The lowest BCUT2D eigenvalue weighted by Crippen LogP contribution is -2.69. The van der Waals surface area contributed by atoms with Crippen molar-refractivity contribution in [2.75, 3.05) is 40.1 Å². The summed E-state index contributed by atoms with van der Waals surface area (Å²) in [6, 6.07) is 2.62. The third-order valence-corrected chi connectivity index (χ3v) is 8.73. The third-order valence-electron chi connectivity index (χ3n) is 7.99. The van der Waals surface area contributed by atoms with Gasteiger partial charge in [-0.1, -0.05) is 23.2 Å². The largest absolute Gasteiger partial charge is 0.467 e. The highest BCUT2D eigenvalue weighted by molar-refractivity contribution is 6.42. The van der Waals surface area contributed by atoms with Gasteiger partial charge in [-0.25, -0.2) is 4.79 Å². The number of nitrogens with two attached hydrogens (primary N) is 1. The predicted molar refractivity (Wildman–Crippen MR) is 177 cm³/mol. The molecule has 0 bridgehead atoms. The summed E-state index contributed by atoms with van der Waals surface area (Å²) in [7, 11) is 1.10. The van der Waals surface area contributed by atoms with Crippen molar-refractivity contribution in [1.29, 1.82) is 0 Å². The molecule has 2 fully saturated rings. The van der Waals surface area contributed by atoms with Gasteiger partial charge in [-0.2, -0.15) is 0 Å². The second kappa shape index (κ2) is 20.9. The lowest BCUT2D eigenvalue weighted by molar-refractivity contribution is -0.254. The van der Waals surface area contributed by atoms with Gasteiger partial charge in [0.05, 0.1) is 30.4 Å². The summed E-state index contributed by atoms with van der Waals surface area (Å²) in [4.78, 5) is 63.2. The Morgan fingerprint density at radius 2 is 1.44 bits per heavy atom. The van der Waals surface area contributed by atoms with E-state index in [1.165, 1.54) is 18.2 Å². The summed E-state index contributed by atoms with van der Waals surface area (Å²) in [5.41, 5.74) is 5.57. The Kier molecular flexibility index (Phi) is 17.3. The van der Waals surface area contributed by atoms with E-state index in [0.717, 1.165) is 14.0 Å². The smallest absolute Gasteiger partial charge is 0.331 e. The highest BCUT2D eigenvalue weighted by Gasteiger charge is 2.49. The van der Waals surface area contributed by atoms with Crippen LogP contribution in [0.5, 0.6) is 0 Å². The predicted octanol–water partition coefficient (Wildman–Crippen LogP) is -2.52.